The lowest BCUT2D eigenvalue weighted by molar-refractivity contribution is -0.127. The van der Waals surface area contributed by atoms with E-state index in [4.69, 9.17) is 11.6 Å². The highest BCUT2D eigenvalue weighted by Crippen LogP contribution is 2.14. The lowest BCUT2D eigenvalue weighted by atomic mass is 10.3. The number of nitrogens with one attached hydrogen (secondary N) is 2. The van der Waals surface area contributed by atoms with Gasteiger partial charge in [-0.1, -0.05) is 17.7 Å². The van der Waals surface area contributed by atoms with Crippen LogP contribution < -0.4 is 10.6 Å². The van der Waals surface area contributed by atoms with Crippen LogP contribution in [0.1, 0.15) is 0 Å². The first kappa shape index (κ1) is 14.5. The van der Waals surface area contributed by atoms with Gasteiger partial charge in [-0.3, -0.25) is 14.9 Å². The third kappa shape index (κ3) is 5.16. The van der Waals surface area contributed by atoms with E-state index in [-0.39, 0.29) is 24.9 Å². The Morgan fingerprint density at radius 1 is 1.28 bits per heavy atom. The highest BCUT2D eigenvalue weighted by Gasteiger charge is 2.06. The van der Waals surface area contributed by atoms with E-state index < -0.39 is 0 Å². The Balaban J connectivity index is 2.32. The summed E-state index contributed by atoms with van der Waals surface area (Å²) in [5, 5.41) is 6.00. The van der Waals surface area contributed by atoms with Crippen LogP contribution >= 0.6 is 11.6 Å². The molecule has 2 amide bonds. The average molecular weight is 270 g/mol. The number of carbonyl (C=O) groups is 2. The molecule has 0 radical (unpaired) electrons. The standard InChI is InChI=1S/C12H16ClN3O2/c1-16(2)12(18)8-14-7-11(17)15-10-5-3-4-9(13)6-10/h3-6,14H,7-8H2,1-2H3,(H,15,17). The number of halogens is 1. The van der Waals surface area contributed by atoms with Crippen molar-refractivity contribution >= 4 is 29.1 Å². The third-order valence-corrected chi connectivity index (χ3v) is 2.40. The first-order chi connectivity index (χ1) is 8.49. The number of anilines is 1. The SMILES string of the molecule is CN(C)C(=O)CNCC(=O)Nc1cccc(Cl)c1. The van der Waals surface area contributed by atoms with Gasteiger partial charge in [0.25, 0.3) is 0 Å². The largest absolute Gasteiger partial charge is 0.348 e. The number of benzene rings is 1. The first-order valence-electron chi connectivity index (χ1n) is 5.45. The molecule has 0 saturated heterocycles. The van der Waals surface area contributed by atoms with E-state index in [2.05, 4.69) is 10.6 Å². The molecule has 0 heterocycles. The fourth-order valence-electron chi connectivity index (χ4n) is 1.21. The smallest absolute Gasteiger partial charge is 0.238 e. The van der Waals surface area contributed by atoms with E-state index >= 15 is 0 Å². The molecular formula is C12H16ClN3O2. The van der Waals surface area contributed by atoms with Crippen molar-refractivity contribution in [3.8, 4) is 0 Å². The summed E-state index contributed by atoms with van der Waals surface area (Å²) in [5.74, 6) is -0.297. The monoisotopic (exact) mass is 269 g/mol. The second kappa shape index (κ2) is 6.98. The average Bonchev–Trinajstić information content (AvgIpc) is 2.28. The fourth-order valence-corrected chi connectivity index (χ4v) is 1.40. The quantitative estimate of drug-likeness (QED) is 0.837. The van der Waals surface area contributed by atoms with Gasteiger partial charge >= 0.3 is 0 Å². The van der Waals surface area contributed by atoms with Gasteiger partial charge in [0.1, 0.15) is 0 Å². The molecule has 0 aliphatic carbocycles. The van der Waals surface area contributed by atoms with Crippen molar-refractivity contribution in [2.45, 2.75) is 0 Å². The molecule has 98 valence electrons. The van der Waals surface area contributed by atoms with Crippen molar-refractivity contribution in [1.29, 1.82) is 0 Å². The van der Waals surface area contributed by atoms with Crippen molar-refractivity contribution in [2.75, 3.05) is 32.5 Å². The second-order valence-corrected chi connectivity index (χ2v) is 4.39. The number of amides is 2. The number of rotatable bonds is 5. The Bertz CT molecular complexity index is 435. The molecule has 0 atom stereocenters. The maximum Gasteiger partial charge on any atom is 0.238 e. The van der Waals surface area contributed by atoms with Gasteiger partial charge in [0.05, 0.1) is 13.1 Å². The van der Waals surface area contributed by atoms with E-state index in [0.29, 0.717) is 10.7 Å². The van der Waals surface area contributed by atoms with Crippen LogP contribution in [0.15, 0.2) is 24.3 Å². The molecule has 1 rings (SSSR count). The summed E-state index contributed by atoms with van der Waals surface area (Å²) in [6.45, 7) is 0.210. The lowest BCUT2D eigenvalue weighted by Crippen LogP contribution is -2.37. The van der Waals surface area contributed by atoms with Gasteiger partial charge in [-0.25, -0.2) is 0 Å². The number of likely N-dealkylation sites (N-methyl/N-ethyl adjacent to an activating group) is 1. The number of nitrogens with zero attached hydrogens (tertiary/aromatic N) is 1. The molecule has 18 heavy (non-hydrogen) atoms. The Labute approximate surface area is 111 Å². The van der Waals surface area contributed by atoms with E-state index in [1.807, 2.05) is 0 Å². The van der Waals surface area contributed by atoms with E-state index in [9.17, 15) is 9.59 Å². The first-order valence-corrected chi connectivity index (χ1v) is 5.83. The highest BCUT2D eigenvalue weighted by atomic mass is 35.5. The molecule has 0 fully saturated rings. The molecule has 0 saturated carbocycles. The summed E-state index contributed by atoms with van der Waals surface area (Å²) in [5.41, 5.74) is 0.633. The van der Waals surface area contributed by atoms with Crippen molar-refractivity contribution in [3.63, 3.8) is 0 Å². The van der Waals surface area contributed by atoms with Crippen molar-refractivity contribution in [2.24, 2.45) is 0 Å². The summed E-state index contributed by atoms with van der Waals surface area (Å²) < 4.78 is 0. The molecule has 0 aliphatic heterocycles. The van der Waals surface area contributed by atoms with Gasteiger partial charge < -0.3 is 10.2 Å². The van der Waals surface area contributed by atoms with E-state index in [0.717, 1.165) is 0 Å². The molecule has 0 spiro atoms. The molecule has 1 aromatic carbocycles. The summed E-state index contributed by atoms with van der Waals surface area (Å²) in [4.78, 5) is 24.2. The zero-order valence-corrected chi connectivity index (χ0v) is 11.1. The van der Waals surface area contributed by atoms with Gasteiger partial charge in [0.2, 0.25) is 11.8 Å². The van der Waals surface area contributed by atoms with Crippen LogP contribution in [0.2, 0.25) is 5.02 Å². The molecule has 0 aromatic heterocycles. The van der Waals surface area contributed by atoms with Crippen molar-refractivity contribution < 1.29 is 9.59 Å². The van der Waals surface area contributed by atoms with Crippen molar-refractivity contribution in [1.82, 2.24) is 10.2 Å². The van der Waals surface area contributed by atoms with Crippen LogP contribution in [0.4, 0.5) is 5.69 Å². The Kier molecular flexibility index (Phi) is 5.61. The summed E-state index contributed by atoms with van der Waals surface area (Å²) in [6.07, 6.45) is 0. The molecule has 2 N–H and O–H groups in total. The van der Waals surface area contributed by atoms with Crippen LogP contribution in [-0.4, -0.2) is 43.9 Å². The summed E-state index contributed by atoms with van der Waals surface area (Å²) in [6, 6.07) is 6.88. The van der Waals surface area contributed by atoms with Crippen LogP contribution in [0.5, 0.6) is 0 Å². The molecule has 0 aliphatic rings. The maximum absolute atomic E-state index is 11.5. The van der Waals surface area contributed by atoms with Gasteiger partial charge in [-0.15, -0.1) is 0 Å². The van der Waals surface area contributed by atoms with Crippen molar-refractivity contribution in [3.05, 3.63) is 29.3 Å². The normalized spacial score (nSPS) is 9.94. The number of carbonyl (C=O) groups excluding carboxylic acids is 2. The fraction of sp³-hybridized carbons (Fsp3) is 0.333. The van der Waals surface area contributed by atoms with Gasteiger partial charge in [0.15, 0.2) is 0 Å². The molecular weight excluding hydrogens is 254 g/mol. The molecule has 0 unspecified atom stereocenters. The van der Waals surface area contributed by atoms with Gasteiger partial charge in [-0.05, 0) is 18.2 Å². The lowest BCUT2D eigenvalue weighted by Gasteiger charge is -2.11. The summed E-state index contributed by atoms with van der Waals surface area (Å²) >= 11 is 5.79. The Morgan fingerprint density at radius 2 is 2.00 bits per heavy atom. The minimum absolute atomic E-state index is 0.0755. The van der Waals surface area contributed by atoms with E-state index in [1.54, 1.807) is 38.4 Å². The second-order valence-electron chi connectivity index (χ2n) is 3.95. The number of hydrogen-bond donors (Lipinski definition) is 2. The number of hydrogen-bond acceptors (Lipinski definition) is 3. The maximum atomic E-state index is 11.5. The predicted molar refractivity (Wildman–Crippen MR) is 71.6 cm³/mol. The zero-order valence-electron chi connectivity index (χ0n) is 10.4. The Hall–Kier alpha value is -1.59. The van der Waals surface area contributed by atoms with Crippen LogP contribution in [0.3, 0.4) is 0 Å². The molecule has 0 bridgehead atoms. The molecule has 6 heteroatoms. The highest BCUT2D eigenvalue weighted by molar-refractivity contribution is 6.30. The zero-order chi connectivity index (χ0) is 13.5. The molecule has 5 nitrogen and oxygen atoms in total. The van der Waals surface area contributed by atoms with Crippen LogP contribution in [0.25, 0.3) is 0 Å². The Morgan fingerprint density at radius 3 is 2.61 bits per heavy atom. The van der Waals surface area contributed by atoms with Crippen LogP contribution in [0, 0.1) is 0 Å². The topological polar surface area (TPSA) is 61.4 Å². The van der Waals surface area contributed by atoms with E-state index in [1.165, 1.54) is 4.90 Å². The van der Waals surface area contributed by atoms with Gasteiger partial charge in [0, 0.05) is 24.8 Å². The predicted octanol–water partition coefficient (Wildman–Crippen LogP) is 0.956. The third-order valence-electron chi connectivity index (χ3n) is 2.17. The van der Waals surface area contributed by atoms with Gasteiger partial charge in [-0.2, -0.15) is 0 Å². The molecule has 1 aromatic rings. The minimum Gasteiger partial charge on any atom is -0.348 e. The van der Waals surface area contributed by atoms with Crippen LogP contribution in [-0.2, 0) is 9.59 Å². The summed E-state index contributed by atoms with van der Waals surface area (Å²) in [7, 11) is 3.33. The minimum atomic E-state index is -0.219.